The molecule has 3 aromatic rings. The van der Waals surface area contributed by atoms with E-state index in [2.05, 4.69) is 10.1 Å². The molecule has 2 N–H and O–H groups in total. The van der Waals surface area contributed by atoms with Gasteiger partial charge in [0.05, 0.1) is 6.54 Å². The number of furan rings is 1. The van der Waals surface area contributed by atoms with Gasteiger partial charge < -0.3 is 14.7 Å². The molecule has 21 heavy (non-hydrogen) atoms. The third kappa shape index (κ3) is 2.81. The molecule has 0 unspecified atom stereocenters. The summed E-state index contributed by atoms with van der Waals surface area (Å²) in [4.78, 5) is 4.17. The van der Waals surface area contributed by atoms with Crippen LogP contribution in [0.3, 0.4) is 0 Å². The lowest BCUT2D eigenvalue weighted by Gasteiger charge is -2.01. The Morgan fingerprint density at radius 2 is 2.10 bits per heavy atom. The zero-order valence-electron chi connectivity index (χ0n) is 10.8. The standard InChI is InChI=1S/C14H11ClFN3O2/c15-10-2-1-3-11(16)9(10)6-13-18-14(21-19-13)12-5-4-8(7-17)20-12/h1-5H,6-7,17H2. The summed E-state index contributed by atoms with van der Waals surface area (Å²) in [6, 6.07) is 7.91. The maximum absolute atomic E-state index is 13.7. The van der Waals surface area contributed by atoms with E-state index in [0.717, 1.165) is 0 Å². The van der Waals surface area contributed by atoms with E-state index in [4.69, 9.17) is 26.3 Å². The molecular formula is C14H11ClFN3O2. The third-order valence-corrected chi connectivity index (χ3v) is 3.29. The molecule has 5 nitrogen and oxygen atoms in total. The van der Waals surface area contributed by atoms with Crippen LogP contribution in [0.1, 0.15) is 17.1 Å². The van der Waals surface area contributed by atoms with Crippen molar-refractivity contribution in [2.24, 2.45) is 5.73 Å². The lowest BCUT2D eigenvalue weighted by Crippen LogP contribution is -1.95. The van der Waals surface area contributed by atoms with Gasteiger partial charge in [0.1, 0.15) is 11.6 Å². The summed E-state index contributed by atoms with van der Waals surface area (Å²) in [6.07, 6.45) is 0.138. The van der Waals surface area contributed by atoms with E-state index in [1.165, 1.54) is 6.07 Å². The van der Waals surface area contributed by atoms with Crippen molar-refractivity contribution in [1.29, 1.82) is 0 Å². The van der Waals surface area contributed by atoms with Crippen LogP contribution < -0.4 is 5.73 Å². The minimum Gasteiger partial charge on any atom is -0.455 e. The van der Waals surface area contributed by atoms with E-state index in [1.807, 2.05) is 0 Å². The number of nitrogens with two attached hydrogens (primary N) is 1. The van der Waals surface area contributed by atoms with Crippen LogP contribution >= 0.6 is 11.6 Å². The summed E-state index contributed by atoms with van der Waals surface area (Å²) in [5.41, 5.74) is 5.79. The summed E-state index contributed by atoms with van der Waals surface area (Å²) in [7, 11) is 0. The number of benzene rings is 1. The molecule has 2 heterocycles. The second-order valence-corrected chi connectivity index (χ2v) is 4.77. The quantitative estimate of drug-likeness (QED) is 0.801. The van der Waals surface area contributed by atoms with E-state index in [1.54, 1.807) is 24.3 Å². The molecule has 2 aromatic heterocycles. The van der Waals surface area contributed by atoms with Gasteiger partial charge in [0.25, 0.3) is 5.89 Å². The van der Waals surface area contributed by atoms with Crippen molar-refractivity contribution in [3.05, 3.63) is 58.3 Å². The molecular weight excluding hydrogens is 297 g/mol. The second kappa shape index (κ2) is 5.67. The molecule has 0 aliphatic heterocycles. The van der Waals surface area contributed by atoms with Gasteiger partial charge in [0.15, 0.2) is 11.6 Å². The number of rotatable bonds is 4. The topological polar surface area (TPSA) is 78.1 Å². The zero-order valence-corrected chi connectivity index (χ0v) is 11.6. The normalized spacial score (nSPS) is 11.0. The van der Waals surface area contributed by atoms with Crippen LogP contribution in [0.15, 0.2) is 39.3 Å². The van der Waals surface area contributed by atoms with Gasteiger partial charge in [0, 0.05) is 17.0 Å². The largest absolute Gasteiger partial charge is 0.455 e. The Hall–Kier alpha value is -2.18. The Bertz CT molecular complexity index is 749. The van der Waals surface area contributed by atoms with Gasteiger partial charge in [-0.1, -0.05) is 22.8 Å². The van der Waals surface area contributed by atoms with Gasteiger partial charge >= 0.3 is 0 Å². The van der Waals surface area contributed by atoms with Crippen molar-refractivity contribution in [3.8, 4) is 11.7 Å². The fourth-order valence-corrected chi connectivity index (χ4v) is 2.12. The predicted octanol–water partition coefficient (Wildman–Crippen LogP) is 3.17. The van der Waals surface area contributed by atoms with Crippen molar-refractivity contribution >= 4 is 11.6 Å². The zero-order chi connectivity index (χ0) is 14.8. The Labute approximate surface area is 124 Å². The molecule has 0 radical (unpaired) electrons. The first-order valence-electron chi connectivity index (χ1n) is 6.22. The summed E-state index contributed by atoms with van der Waals surface area (Å²) in [5, 5.41) is 4.13. The molecule has 0 atom stereocenters. The maximum Gasteiger partial charge on any atom is 0.293 e. The molecule has 0 aliphatic rings. The Morgan fingerprint density at radius 3 is 2.81 bits per heavy atom. The smallest absolute Gasteiger partial charge is 0.293 e. The van der Waals surface area contributed by atoms with E-state index < -0.39 is 5.82 Å². The summed E-state index contributed by atoms with van der Waals surface area (Å²) < 4.78 is 24.2. The molecule has 7 heteroatoms. The van der Waals surface area contributed by atoms with E-state index >= 15 is 0 Å². The predicted molar refractivity (Wildman–Crippen MR) is 74.1 cm³/mol. The number of hydrogen-bond acceptors (Lipinski definition) is 5. The lowest BCUT2D eigenvalue weighted by atomic mass is 10.1. The second-order valence-electron chi connectivity index (χ2n) is 4.36. The first-order valence-corrected chi connectivity index (χ1v) is 6.60. The summed E-state index contributed by atoms with van der Waals surface area (Å²) in [6.45, 7) is 0.284. The van der Waals surface area contributed by atoms with Gasteiger partial charge in [-0.3, -0.25) is 0 Å². The van der Waals surface area contributed by atoms with Gasteiger partial charge in [-0.15, -0.1) is 0 Å². The van der Waals surface area contributed by atoms with Crippen LogP contribution in [0.4, 0.5) is 4.39 Å². The molecule has 0 bridgehead atoms. The molecule has 0 saturated carbocycles. The van der Waals surface area contributed by atoms with E-state index in [-0.39, 0.29) is 18.9 Å². The minimum atomic E-state index is -0.405. The first-order chi connectivity index (χ1) is 10.2. The van der Waals surface area contributed by atoms with Crippen molar-refractivity contribution in [1.82, 2.24) is 10.1 Å². The average molecular weight is 308 g/mol. The summed E-state index contributed by atoms with van der Waals surface area (Å²) >= 11 is 5.97. The number of hydrogen-bond donors (Lipinski definition) is 1. The maximum atomic E-state index is 13.7. The molecule has 0 amide bonds. The molecule has 0 spiro atoms. The third-order valence-electron chi connectivity index (χ3n) is 2.94. The van der Waals surface area contributed by atoms with Gasteiger partial charge in [-0.05, 0) is 24.3 Å². The highest BCUT2D eigenvalue weighted by molar-refractivity contribution is 6.31. The van der Waals surface area contributed by atoms with Crippen LogP contribution in [0.2, 0.25) is 5.02 Å². The first kappa shape index (κ1) is 13.8. The van der Waals surface area contributed by atoms with Gasteiger partial charge in [0.2, 0.25) is 0 Å². The van der Waals surface area contributed by atoms with Crippen molar-refractivity contribution in [3.63, 3.8) is 0 Å². The van der Waals surface area contributed by atoms with Crippen molar-refractivity contribution < 1.29 is 13.3 Å². The van der Waals surface area contributed by atoms with Crippen LogP contribution in [-0.4, -0.2) is 10.1 Å². The van der Waals surface area contributed by atoms with Crippen molar-refractivity contribution in [2.75, 3.05) is 0 Å². The van der Waals surface area contributed by atoms with Gasteiger partial charge in [-0.2, -0.15) is 4.98 Å². The molecule has 0 saturated heterocycles. The van der Waals surface area contributed by atoms with E-state index in [0.29, 0.717) is 27.9 Å². The van der Waals surface area contributed by atoms with Crippen LogP contribution in [0, 0.1) is 5.82 Å². The van der Waals surface area contributed by atoms with Crippen LogP contribution in [0.25, 0.3) is 11.7 Å². The monoisotopic (exact) mass is 307 g/mol. The number of nitrogens with zero attached hydrogens (tertiary/aromatic N) is 2. The fourth-order valence-electron chi connectivity index (χ4n) is 1.89. The Balaban J connectivity index is 1.85. The highest BCUT2D eigenvalue weighted by Gasteiger charge is 2.15. The Morgan fingerprint density at radius 1 is 1.24 bits per heavy atom. The highest BCUT2D eigenvalue weighted by Crippen LogP contribution is 2.24. The van der Waals surface area contributed by atoms with Crippen LogP contribution in [-0.2, 0) is 13.0 Å². The number of aromatic nitrogens is 2. The highest BCUT2D eigenvalue weighted by atomic mass is 35.5. The minimum absolute atomic E-state index is 0.138. The van der Waals surface area contributed by atoms with Crippen molar-refractivity contribution in [2.45, 2.75) is 13.0 Å². The molecule has 108 valence electrons. The molecule has 1 aromatic carbocycles. The average Bonchev–Trinajstić information content (AvgIpc) is 3.11. The van der Waals surface area contributed by atoms with Gasteiger partial charge in [-0.25, -0.2) is 4.39 Å². The Kier molecular flexibility index (Phi) is 3.72. The summed E-state index contributed by atoms with van der Waals surface area (Å²) in [5.74, 6) is 1.17. The molecule has 0 aliphatic carbocycles. The molecule has 3 rings (SSSR count). The SMILES string of the molecule is NCc1ccc(-c2nc(Cc3c(F)cccc3Cl)no2)o1. The van der Waals surface area contributed by atoms with Crippen LogP contribution in [0.5, 0.6) is 0 Å². The lowest BCUT2D eigenvalue weighted by molar-refractivity contribution is 0.405. The number of halogens is 2. The fraction of sp³-hybridized carbons (Fsp3) is 0.143. The molecule has 0 fully saturated rings. The van der Waals surface area contributed by atoms with E-state index in [9.17, 15) is 4.39 Å².